The molecule has 0 radical (unpaired) electrons. The van der Waals surface area contributed by atoms with Crippen molar-refractivity contribution in [2.45, 2.75) is 0 Å². The number of rotatable bonds is 1. The molecule has 0 bridgehead atoms. The van der Waals surface area contributed by atoms with Gasteiger partial charge < -0.3 is 17.6 Å². The Morgan fingerprint density at radius 1 is 0.960 bits per heavy atom. The quantitative estimate of drug-likeness (QED) is 0.251. The van der Waals surface area contributed by atoms with Crippen molar-refractivity contribution in [1.29, 1.82) is 0 Å². The fourth-order valence-electron chi connectivity index (χ4n) is 3.14. The van der Waals surface area contributed by atoms with Crippen molar-refractivity contribution < 1.29 is 21.9 Å². The molecule has 25 heavy (non-hydrogen) atoms. The van der Waals surface area contributed by atoms with E-state index in [4.69, 9.17) is 0 Å². The summed E-state index contributed by atoms with van der Waals surface area (Å²) in [7, 11) is 0. The van der Waals surface area contributed by atoms with E-state index >= 15 is 8.63 Å². The van der Waals surface area contributed by atoms with Gasteiger partial charge in [0.2, 0.25) is 4.62 Å². The number of fused-ring (bicyclic) bond motifs is 2. The maximum absolute atomic E-state index is 15.1. The van der Waals surface area contributed by atoms with E-state index in [0.717, 1.165) is 15.0 Å². The van der Waals surface area contributed by atoms with Crippen LogP contribution in [0.5, 0.6) is 0 Å². The molecule has 4 rings (SSSR count). The lowest BCUT2D eigenvalue weighted by atomic mass is 9.86. The molecular formula is C15H6BBr3F4N2. The van der Waals surface area contributed by atoms with Crippen molar-refractivity contribution in [3.8, 4) is 0 Å². The summed E-state index contributed by atoms with van der Waals surface area (Å²) in [4.78, 5) is 0. The highest BCUT2D eigenvalue weighted by molar-refractivity contribution is 9.18. The van der Waals surface area contributed by atoms with Crippen LogP contribution in [0, 0.1) is 11.6 Å². The Morgan fingerprint density at radius 3 is 2.40 bits per heavy atom. The highest BCUT2D eigenvalue weighted by atomic mass is 79.9. The second-order valence-electron chi connectivity index (χ2n) is 5.50. The summed E-state index contributed by atoms with van der Waals surface area (Å²) in [6.45, 7) is -4.23. The first-order chi connectivity index (χ1) is 11.7. The zero-order chi connectivity index (χ0) is 18.1. The van der Waals surface area contributed by atoms with Gasteiger partial charge in [-0.05, 0) is 56.1 Å². The second-order valence-corrected chi connectivity index (χ2v) is 7.98. The first kappa shape index (κ1) is 17.3. The average molecular weight is 541 g/mol. The molecule has 2 nitrogen and oxygen atoms in total. The fourth-order valence-corrected chi connectivity index (χ4v) is 4.61. The third kappa shape index (κ3) is 2.30. The number of hydrogen-bond donors (Lipinski definition) is 0. The third-order valence-electron chi connectivity index (χ3n) is 4.16. The minimum atomic E-state index is -4.23. The van der Waals surface area contributed by atoms with Crippen LogP contribution in [-0.2, 0) is 0 Å². The minimum Gasteiger partial charge on any atom is -0.389 e. The van der Waals surface area contributed by atoms with Crippen LogP contribution >= 0.6 is 47.8 Å². The number of nitrogens with zero attached hydrogens (tertiary/aromatic N) is 2. The van der Waals surface area contributed by atoms with Crippen LogP contribution in [0.1, 0.15) is 11.3 Å². The molecule has 1 aromatic carbocycles. The molecule has 0 saturated carbocycles. The topological polar surface area (TPSA) is 7.94 Å². The third-order valence-corrected chi connectivity index (χ3v) is 6.07. The Labute approximate surface area is 165 Å². The van der Waals surface area contributed by atoms with Gasteiger partial charge in [0.1, 0.15) is 11.6 Å². The number of benzene rings is 1. The molecule has 3 heterocycles. The van der Waals surface area contributed by atoms with Gasteiger partial charge in [-0.3, -0.25) is 0 Å². The first-order valence-electron chi connectivity index (χ1n) is 7.02. The smallest absolute Gasteiger partial charge is 0.389 e. The first-order valence-corrected chi connectivity index (χ1v) is 9.40. The van der Waals surface area contributed by atoms with Gasteiger partial charge in [0.15, 0.2) is 5.70 Å². The Bertz CT molecular complexity index is 1040. The molecule has 128 valence electrons. The van der Waals surface area contributed by atoms with Crippen molar-refractivity contribution in [1.82, 2.24) is 4.48 Å². The Morgan fingerprint density at radius 2 is 1.68 bits per heavy atom. The number of allylic oxidation sites excluding steroid dienone is 2. The van der Waals surface area contributed by atoms with Gasteiger partial charge in [-0.15, -0.1) is 0 Å². The molecule has 0 N–H and O–H groups in total. The average Bonchev–Trinajstić information content (AvgIpc) is 3.11. The monoisotopic (exact) mass is 538 g/mol. The number of halogens is 7. The van der Waals surface area contributed by atoms with E-state index in [1.807, 2.05) is 0 Å². The molecule has 0 fully saturated rings. The summed E-state index contributed by atoms with van der Waals surface area (Å²) < 4.78 is 61.1. The molecule has 0 amide bonds. The summed E-state index contributed by atoms with van der Waals surface area (Å²) in [6, 6.07) is 5.18. The second kappa shape index (κ2) is 5.69. The van der Waals surface area contributed by atoms with Gasteiger partial charge in [-0.1, -0.05) is 0 Å². The molecule has 0 spiro atoms. The molecule has 10 heteroatoms. The molecule has 0 saturated heterocycles. The van der Waals surface area contributed by atoms with Crippen molar-refractivity contribution in [3.63, 3.8) is 0 Å². The van der Waals surface area contributed by atoms with Gasteiger partial charge in [0.05, 0.1) is 20.2 Å². The lowest BCUT2D eigenvalue weighted by Crippen LogP contribution is -2.50. The van der Waals surface area contributed by atoms with E-state index in [1.54, 1.807) is 0 Å². The zero-order valence-electron chi connectivity index (χ0n) is 12.1. The summed E-state index contributed by atoms with van der Waals surface area (Å²) in [5.41, 5.74) is -0.239. The van der Waals surface area contributed by atoms with Crippen LogP contribution in [0.4, 0.5) is 17.4 Å². The van der Waals surface area contributed by atoms with Crippen LogP contribution in [0.25, 0.3) is 5.57 Å². The van der Waals surface area contributed by atoms with E-state index < -0.39 is 18.6 Å². The highest BCUT2D eigenvalue weighted by Gasteiger charge is 2.54. The SMILES string of the molecule is Fc1ccc(Br)c(F)c1C1=C2C=CC(Br)=[N+]2[B-](F)(F)n2c(Br)ccc21. The largest absolute Gasteiger partial charge is 0.738 e. The normalized spacial score (nSPS) is 18.0. The Hall–Kier alpha value is -1.13. The maximum Gasteiger partial charge on any atom is 0.738 e. The van der Waals surface area contributed by atoms with E-state index in [0.29, 0.717) is 0 Å². The van der Waals surface area contributed by atoms with Crippen molar-refractivity contribution in [3.05, 3.63) is 74.1 Å². The Balaban J connectivity index is 2.18. The van der Waals surface area contributed by atoms with Crippen molar-refractivity contribution in [2.75, 3.05) is 0 Å². The number of hydrogen-bond acceptors (Lipinski definition) is 0. The molecule has 0 unspecified atom stereocenters. The van der Waals surface area contributed by atoms with Crippen LogP contribution in [0.15, 0.2) is 51.2 Å². The summed E-state index contributed by atoms with van der Waals surface area (Å²) in [5.74, 6) is -1.68. The van der Waals surface area contributed by atoms with Gasteiger partial charge in [0.25, 0.3) is 0 Å². The summed E-state index contributed by atoms with van der Waals surface area (Å²) in [6.07, 6.45) is 2.85. The van der Waals surface area contributed by atoms with E-state index in [2.05, 4.69) is 47.8 Å². The fraction of sp³-hybridized carbons (Fsp3) is 0. The van der Waals surface area contributed by atoms with Gasteiger partial charge in [0, 0.05) is 33.8 Å². The lowest BCUT2D eigenvalue weighted by Gasteiger charge is -2.32. The molecule has 2 aliphatic heterocycles. The van der Waals surface area contributed by atoms with E-state index in [1.165, 1.54) is 30.4 Å². The van der Waals surface area contributed by atoms with Gasteiger partial charge >= 0.3 is 6.97 Å². The van der Waals surface area contributed by atoms with E-state index in [9.17, 15) is 8.78 Å². The van der Waals surface area contributed by atoms with E-state index in [-0.39, 0.29) is 36.2 Å². The Kier molecular flexibility index (Phi) is 3.93. The predicted molar refractivity (Wildman–Crippen MR) is 98.9 cm³/mol. The molecule has 0 atom stereocenters. The van der Waals surface area contributed by atoms with Crippen LogP contribution < -0.4 is 0 Å². The van der Waals surface area contributed by atoms with Crippen LogP contribution in [0.2, 0.25) is 0 Å². The lowest BCUT2D eigenvalue weighted by molar-refractivity contribution is -0.358. The standard InChI is InChI=1S/C15H6BBr3F4N2/c17-7-1-2-8(20)13(15(7)21)14-9-3-5-11(18)24(9)16(22,23)25-10(14)4-6-12(25)19/h1-6H. The zero-order valence-corrected chi connectivity index (χ0v) is 16.8. The molecule has 2 aromatic rings. The minimum absolute atomic E-state index is 0.0332. The molecule has 2 aliphatic rings. The van der Waals surface area contributed by atoms with Crippen LogP contribution in [0.3, 0.4) is 0 Å². The summed E-state index contributed by atoms with van der Waals surface area (Å²) >= 11 is 9.24. The molecule has 0 aliphatic carbocycles. The molecular weight excluding hydrogens is 535 g/mol. The van der Waals surface area contributed by atoms with Gasteiger partial charge in [-0.25, -0.2) is 8.78 Å². The predicted octanol–water partition coefficient (Wildman–Crippen LogP) is 5.66. The van der Waals surface area contributed by atoms with Crippen LogP contribution in [-0.4, -0.2) is 20.6 Å². The van der Waals surface area contributed by atoms with Gasteiger partial charge in [-0.2, -0.15) is 0 Å². The van der Waals surface area contributed by atoms with Crippen molar-refractivity contribution in [2.24, 2.45) is 0 Å². The number of aromatic nitrogens is 1. The maximum atomic E-state index is 15.1. The van der Waals surface area contributed by atoms with Crippen molar-refractivity contribution >= 4 is 65.0 Å². The summed E-state index contributed by atoms with van der Waals surface area (Å²) in [5, 5.41) is 0. The highest BCUT2D eigenvalue weighted by Crippen LogP contribution is 2.43. The molecule has 1 aromatic heterocycles.